The molecule has 6 nitrogen and oxygen atoms in total. The summed E-state index contributed by atoms with van der Waals surface area (Å²) in [4.78, 5) is 18.0. The lowest BCUT2D eigenvalue weighted by Crippen LogP contribution is -2.25. The molecule has 1 aromatic carbocycles. The van der Waals surface area contributed by atoms with Crippen molar-refractivity contribution in [2.24, 2.45) is 0 Å². The number of imidazole rings is 1. The van der Waals surface area contributed by atoms with Crippen LogP contribution in [0.15, 0.2) is 42.6 Å². The molecule has 1 fully saturated rings. The standard InChI is InChI=1S/C19H18F2N4O2/c1-2-27-19(26)16-10-22-17-6-7-18(23-25(16)17)24-11-14(21)9-15(24)12-4-3-5-13(20)8-12/h3-8,10,14-15H,2,9,11H2,1H3/t14-,15+/m1/s1. The van der Waals surface area contributed by atoms with Crippen molar-refractivity contribution >= 4 is 17.4 Å². The zero-order valence-corrected chi connectivity index (χ0v) is 14.7. The number of nitrogens with zero attached hydrogens (tertiary/aromatic N) is 4. The van der Waals surface area contributed by atoms with Gasteiger partial charge in [0.05, 0.1) is 25.4 Å². The third-order valence-electron chi connectivity index (χ3n) is 4.61. The van der Waals surface area contributed by atoms with Gasteiger partial charge in [-0.2, -0.15) is 0 Å². The summed E-state index contributed by atoms with van der Waals surface area (Å²) in [6, 6.07) is 9.25. The Kier molecular flexibility index (Phi) is 4.47. The molecule has 0 unspecified atom stereocenters. The molecule has 140 valence electrons. The summed E-state index contributed by atoms with van der Waals surface area (Å²) >= 11 is 0. The van der Waals surface area contributed by atoms with Crippen molar-refractivity contribution in [3.63, 3.8) is 0 Å². The van der Waals surface area contributed by atoms with Gasteiger partial charge in [0, 0.05) is 6.42 Å². The second-order valence-corrected chi connectivity index (χ2v) is 6.38. The molecule has 1 aliphatic rings. The molecule has 1 aliphatic heterocycles. The number of aromatic nitrogens is 3. The highest BCUT2D eigenvalue weighted by atomic mass is 19.1. The van der Waals surface area contributed by atoms with Crippen LogP contribution >= 0.6 is 0 Å². The Labute approximate surface area is 154 Å². The summed E-state index contributed by atoms with van der Waals surface area (Å²) in [5.41, 5.74) is 1.38. The van der Waals surface area contributed by atoms with Crippen LogP contribution in [0, 0.1) is 5.82 Å². The van der Waals surface area contributed by atoms with Gasteiger partial charge in [-0.25, -0.2) is 23.1 Å². The number of hydrogen-bond donors (Lipinski definition) is 0. The van der Waals surface area contributed by atoms with Crippen LogP contribution in [0.1, 0.15) is 35.4 Å². The van der Waals surface area contributed by atoms with Gasteiger partial charge in [-0.3, -0.25) is 0 Å². The molecular formula is C19H18F2N4O2. The highest BCUT2D eigenvalue weighted by Gasteiger charge is 2.34. The van der Waals surface area contributed by atoms with E-state index in [4.69, 9.17) is 4.74 Å². The molecule has 8 heteroatoms. The Bertz CT molecular complexity index is 991. The van der Waals surface area contributed by atoms with Crippen LogP contribution in [-0.2, 0) is 4.74 Å². The minimum atomic E-state index is -1.05. The van der Waals surface area contributed by atoms with Crippen molar-refractivity contribution in [1.29, 1.82) is 0 Å². The number of ether oxygens (including phenoxy) is 1. The largest absolute Gasteiger partial charge is 0.461 e. The Hall–Kier alpha value is -3.03. The predicted octanol–water partition coefficient (Wildman–Crippen LogP) is 3.33. The molecule has 0 N–H and O–H groups in total. The molecule has 0 radical (unpaired) electrons. The Morgan fingerprint density at radius 1 is 1.33 bits per heavy atom. The summed E-state index contributed by atoms with van der Waals surface area (Å²) in [5.74, 6) is -0.404. The molecule has 0 saturated carbocycles. The fourth-order valence-electron chi connectivity index (χ4n) is 3.43. The molecule has 0 amide bonds. The van der Waals surface area contributed by atoms with E-state index in [0.29, 0.717) is 17.0 Å². The number of hydrogen-bond acceptors (Lipinski definition) is 5. The number of carbonyl (C=O) groups excluding carboxylic acids is 1. The molecule has 0 aliphatic carbocycles. The number of fused-ring (bicyclic) bond motifs is 1. The second-order valence-electron chi connectivity index (χ2n) is 6.38. The molecule has 2 aromatic heterocycles. The van der Waals surface area contributed by atoms with Gasteiger partial charge >= 0.3 is 5.97 Å². The topological polar surface area (TPSA) is 59.7 Å². The van der Waals surface area contributed by atoms with Crippen molar-refractivity contribution in [3.05, 3.63) is 59.7 Å². The van der Waals surface area contributed by atoms with E-state index < -0.39 is 12.1 Å². The van der Waals surface area contributed by atoms with E-state index >= 15 is 0 Å². The van der Waals surface area contributed by atoms with E-state index in [1.165, 1.54) is 22.8 Å². The number of alkyl halides is 1. The summed E-state index contributed by atoms with van der Waals surface area (Å²) in [7, 11) is 0. The zero-order chi connectivity index (χ0) is 19.0. The fraction of sp³-hybridized carbons (Fsp3) is 0.316. The lowest BCUT2D eigenvalue weighted by Gasteiger charge is -2.25. The van der Waals surface area contributed by atoms with Gasteiger partial charge in [0.1, 0.15) is 17.8 Å². The molecule has 0 bridgehead atoms. The summed E-state index contributed by atoms with van der Waals surface area (Å²) in [6.07, 6.45) is 0.594. The normalized spacial score (nSPS) is 19.6. The SMILES string of the molecule is CCOC(=O)c1cnc2ccc(N3C[C@H](F)C[C@H]3c3cccc(F)c3)nn12. The Balaban J connectivity index is 1.73. The lowest BCUT2D eigenvalue weighted by molar-refractivity contribution is 0.0516. The highest BCUT2D eigenvalue weighted by molar-refractivity contribution is 5.88. The first-order valence-corrected chi connectivity index (χ1v) is 8.75. The predicted molar refractivity (Wildman–Crippen MR) is 94.9 cm³/mol. The maximum atomic E-state index is 14.2. The quantitative estimate of drug-likeness (QED) is 0.658. The van der Waals surface area contributed by atoms with Crippen molar-refractivity contribution < 1.29 is 18.3 Å². The monoisotopic (exact) mass is 372 g/mol. The number of anilines is 1. The van der Waals surface area contributed by atoms with E-state index in [0.717, 1.165) is 0 Å². The van der Waals surface area contributed by atoms with Crippen LogP contribution in [0.25, 0.3) is 5.65 Å². The van der Waals surface area contributed by atoms with Gasteiger partial charge in [0.15, 0.2) is 11.3 Å². The van der Waals surface area contributed by atoms with E-state index in [9.17, 15) is 13.6 Å². The fourth-order valence-corrected chi connectivity index (χ4v) is 3.43. The van der Waals surface area contributed by atoms with E-state index in [1.54, 1.807) is 36.1 Å². The van der Waals surface area contributed by atoms with Crippen LogP contribution in [0.3, 0.4) is 0 Å². The Morgan fingerprint density at radius 2 is 2.19 bits per heavy atom. The third kappa shape index (κ3) is 3.22. The number of carbonyl (C=O) groups is 1. The van der Waals surface area contributed by atoms with Crippen LogP contribution in [0.4, 0.5) is 14.6 Å². The second kappa shape index (κ2) is 6.94. The van der Waals surface area contributed by atoms with Gasteiger partial charge in [-0.05, 0) is 36.8 Å². The molecule has 3 aromatic rings. The number of benzene rings is 1. The van der Waals surface area contributed by atoms with Gasteiger partial charge < -0.3 is 9.64 Å². The first-order valence-electron chi connectivity index (χ1n) is 8.75. The zero-order valence-electron chi connectivity index (χ0n) is 14.7. The van der Waals surface area contributed by atoms with Crippen LogP contribution in [-0.4, -0.2) is 39.9 Å². The number of esters is 1. The molecule has 1 saturated heterocycles. The summed E-state index contributed by atoms with van der Waals surface area (Å²) in [5, 5.41) is 4.47. The maximum absolute atomic E-state index is 14.2. The number of halogens is 2. The van der Waals surface area contributed by atoms with E-state index in [2.05, 4.69) is 10.1 Å². The van der Waals surface area contributed by atoms with Crippen molar-refractivity contribution in [2.45, 2.75) is 25.6 Å². The van der Waals surface area contributed by atoms with Gasteiger partial charge in [-0.15, -0.1) is 5.10 Å². The minimum Gasteiger partial charge on any atom is -0.461 e. The van der Waals surface area contributed by atoms with E-state index in [-0.39, 0.29) is 37.1 Å². The summed E-state index contributed by atoms with van der Waals surface area (Å²) < 4.78 is 34.3. The minimum absolute atomic E-state index is 0.142. The van der Waals surface area contributed by atoms with Crippen molar-refractivity contribution in [1.82, 2.24) is 14.6 Å². The van der Waals surface area contributed by atoms with Crippen molar-refractivity contribution in [2.75, 3.05) is 18.1 Å². The van der Waals surface area contributed by atoms with Gasteiger partial charge in [0.25, 0.3) is 0 Å². The van der Waals surface area contributed by atoms with Crippen molar-refractivity contribution in [3.8, 4) is 0 Å². The van der Waals surface area contributed by atoms with Crippen LogP contribution < -0.4 is 4.90 Å². The lowest BCUT2D eigenvalue weighted by atomic mass is 10.0. The number of rotatable bonds is 4. The third-order valence-corrected chi connectivity index (χ3v) is 4.61. The average Bonchev–Trinajstić information content (AvgIpc) is 3.25. The first-order chi connectivity index (χ1) is 13.1. The molecule has 27 heavy (non-hydrogen) atoms. The van der Waals surface area contributed by atoms with Gasteiger partial charge in [0.2, 0.25) is 0 Å². The Morgan fingerprint density at radius 3 is 2.96 bits per heavy atom. The average molecular weight is 372 g/mol. The molecular weight excluding hydrogens is 354 g/mol. The van der Waals surface area contributed by atoms with E-state index in [1.807, 2.05) is 0 Å². The molecule has 2 atom stereocenters. The van der Waals surface area contributed by atoms with Crippen LogP contribution in [0.2, 0.25) is 0 Å². The first kappa shape index (κ1) is 17.4. The molecule has 3 heterocycles. The van der Waals surface area contributed by atoms with Crippen LogP contribution in [0.5, 0.6) is 0 Å². The molecule has 4 rings (SSSR count). The van der Waals surface area contributed by atoms with Gasteiger partial charge in [-0.1, -0.05) is 12.1 Å². The summed E-state index contributed by atoms with van der Waals surface area (Å²) in [6.45, 7) is 2.10. The smallest absolute Gasteiger partial charge is 0.358 e. The molecule has 0 spiro atoms. The maximum Gasteiger partial charge on any atom is 0.358 e. The highest BCUT2D eigenvalue weighted by Crippen LogP contribution is 2.36.